The fourth-order valence-electron chi connectivity index (χ4n) is 6.71. The zero-order chi connectivity index (χ0) is 29.8. The minimum absolute atomic E-state index is 0.0340. The Morgan fingerprint density at radius 2 is 1.86 bits per heavy atom. The van der Waals surface area contributed by atoms with Gasteiger partial charge in [-0.25, -0.2) is 0 Å². The van der Waals surface area contributed by atoms with Crippen LogP contribution >= 0.6 is 0 Å². The third-order valence-electron chi connectivity index (χ3n) is 9.21. The standard InChI is InChI=1S/C30H36F3N5O4/c1-2-37-26(35-20-9-12-42-13-10-20)23(24(34)28(40)38-11-8-17-15-21(17)38)22(16-6-7-16)25(29(37)41)36-27(39)18-4-3-5-19(14-18)30(31,32)33/h3-5,14,16-17,20-22,25H,2,6-13,15,34H2,1H3,(H,36,39)/b24-23-,35-26?. The number of fused-ring (bicyclic) bond motifs is 1. The molecule has 3 heterocycles. The second kappa shape index (κ2) is 11.0. The second-order valence-corrected chi connectivity index (χ2v) is 11.9. The van der Waals surface area contributed by atoms with Crippen LogP contribution in [0.3, 0.4) is 0 Å². The Bertz CT molecular complexity index is 1330. The highest BCUT2D eigenvalue weighted by Crippen LogP contribution is 2.48. The molecule has 0 aromatic heterocycles. The molecule has 4 atom stereocenters. The van der Waals surface area contributed by atoms with E-state index in [-0.39, 0.29) is 41.7 Å². The van der Waals surface area contributed by atoms with E-state index in [0.29, 0.717) is 49.9 Å². The largest absolute Gasteiger partial charge is 0.416 e. The predicted molar refractivity (Wildman–Crippen MR) is 147 cm³/mol. The van der Waals surface area contributed by atoms with E-state index in [2.05, 4.69) is 5.32 Å². The Morgan fingerprint density at radius 1 is 1.12 bits per heavy atom. The van der Waals surface area contributed by atoms with Gasteiger partial charge in [0, 0.05) is 49.4 Å². The summed E-state index contributed by atoms with van der Waals surface area (Å²) in [5.74, 6) is -1.28. The van der Waals surface area contributed by atoms with Crippen molar-refractivity contribution < 1.29 is 32.3 Å². The van der Waals surface area contributed by atoms with Crippen molar-refractivity contribution in [2.75, 3.05) is 26.3 Å². The molecule has 0 radical (unpaired) electrons. The number of hydrogen-bond acceptors (Lipinski definition) is 6. The molecule has 226 valence electrons. The van der Waals surface area contributed by atoms with Crippen LogP contribution in [-0.2, 0) is 20.5 Å². The molecule has 2 saturated carbocycles. The number of halogens is 3. The Labute approximate surface area is 242 Å². The average Bonchev–Trinajstić information content (AvgIpc) is 3.92. The number of amides is 3. The number of nitrogens with one attached hydrogen (secondary N) is 1. The summed E-state index contributed by atoms with van der Waals surface area (Å²) in [6.07, 6.45) is 0.130. The van der Waals surface area contributed by atoms with Gasteiger partial charge in [-0.2, -0.15) is 13.2 Å². The van der Waals surface area contributed by atoms with Crippen molar-refractivity contribution in [2.24, 2.45) is 28.5 Å². The van der Waals surface area contributed by atoms with Crippen LogP contribution in [0.4, 0.5) is 13.2 Å². The smallest absolute Gasteiger partial charge is 0.394 e. The minimum Gasteiger partial charge on any atom is -0.394 e. The van der Waals surface area contributed by atoms with Crippen LogP contribution in [-0.4, -0.2) is 77.8 Å². The van der Waals surface area contributed by atoms with Gasteiger partial charge in [0.05, 0.1) is 11.6 Å². The van der Waals surface area contributed by atoms with Gasteiger partial charge in [0.1, 0.15) is 17.6 Å². The number of benzene rings is 1. The first-order chi connectivity index (χ1) is 20.1. The Balaban J connectivity index is 1.41. The minimum atomic E-state index is -4.62. The summed E-state index contributed by atoms with van der Waals surface area (Å²) in [6, 6.07) is 3.07. The molecule has 6 rings (SSSR count). The predicted octanol–water partition coefficient (Wildman–Crippen LogP) is 3.10. The van der Waals surface area contributed by atoms with Crippen molar-refractivity contribution in [3.05, 3.63) is 46.7 Å². The molecule has 2 aliphatic carbocycles. The van der Waals surface area contributed by atoms with E-state index in [1.54, 1.807) is 6.92 Å². The van der Waals surface area contributed by atoms with Crippen LogP contribution in [0.1, 0.15) is 61.4 Å². The number of amidine groups is 1. The molecule has 5 aliphatic rings. The summed E-state index contributed by atoms with van der Waals surface area (Å²) in [5.41, 5.74) is 6.09. The zero-order valence-electron chi connectivity index (χ0n) is 23.5. The molecule has 5 fully saturated rings. The number of aliphatic imine (C=N–C) groups is 1. The van der Waals surface area contributed by atoms with E-state index in [1.807, 2.05) is 4.90 Å². The maximum absolute atomic E-state index is 14.1. The fraction of sp³-hybridized carbons (Fsp3) is 0.600. The summed E-state index contributed by atoms with van der Waals surface area (Å²) in [5, 5.41) is 2.75. The molecule has 3 N–H and O–H groups in total. The molecule has 1 aromatic rings. The molecule has 3 saturated heterocycles. The molecular weight excluding hydrogens is 551 g/mol. The lowest BCUT2D eigenvalue weighted by atomic mass is 9.79. The molecule has 3 amide bonds. The number of rotatable bonds is 6. The molecule has 0 bridgehead atoms. The van der Waals surface area contributed by atoms with Gasteiger partial charge in [0.15, 0.2) is 0 Å². The topological polar surface area (TPSA) is 117 Å². The van der Waals surface area contributed by atoms with Crippen LogP contribution in [0.5, 0.6) is 0 Å². The van der Waals surface area contributed by atoms with Gasteiger partial charge < -0.3 is 20.7 Å². The number of likely N-dealkylation sites (N-methyl/N-ethyl adjacent to an activating group) is 1. The van der Waals surface area contributed by atoms with Gasteiger partial charge in [-0.05, 0) is 75.5 Å². The number of carbonyl (C=O) groups excluding carboxylic acids is 3. The lowest BCUT2D eigenvalue weighted by Gasteiger charge is -2.42. The van der Waals surface area contributed by atoms with Gasteiger partial charge in [-0.1, -0.05) is 6.07 Å². The lowest BCUT2D eigenvalue weighted by molar-refractivity contribution is -0.137. The molecule has 3 aliphatic heterocycles. The third-order valence-corrected chi connectivity index (χ3v) is 9.21. The van der Waals surface area contributed by atoms with Crippen molar-refractivity contribution in [1.29, 1.82) is 0 Å². The number of nitrogens with two attached hydrogens (primary N) is 1. The quantitative estimate of drug-likeness (QED) is 0.496. The van der Waals surface area contributed by atoms with Crippen molar-refractivity contribution in [1.82, 2.24) is 15.1 Å². The van der Waals surface area contributed by atoms with Crippen molar-refractivity contribution in [3.8, 4) is 0 Å². The van der Waals surface area contributed by atoms with Crippen LogP contribution in [0, 0.1) is 17.8 Å². The van der Waals surface area contributed by atoms with E-state index < -0.39 is 35.5 Å². The first kappa shape index (κ1) is 28.7. The van der Waals surface area contributed by atoms with Crippen LogP contribution in [0.25, 0.3) is 0 Å². The normalized spacial score (nSPS) is 30.4. The molecule has 42 heavy (non-hydrogen) atoms. The number of carbonyl (C=O) groups is 3. The molecule has 1 aromatic carbocycles. The Hall–Kier alpha value is -3.41. The van der Waals surface area contributed by atoms with E-state index in [4.69, 9.17) is 15.5 Å². The first-order valence-corrected chi connectivity index (χ1v) is 14.8. The number of alkyl halides is 3. The highest BCUT2D eigenvalue weighted by atomic mass is 19.4. The molecule has 12 heteroatoms. The molecule has 0 spiro atoms. The summed E-state index contributed by atoms with van der Waals surface area (Å²) >= 11 is 0. The fourth-order valence-corrected chi connectivity index (χ4v) is 6.71. The number of likely N-dealkylation sites (tertiary alicyclic amines) is 2. The van der Waals surface area contributed by atoms with E-state index in [0.717, 1.165) is 37.8 Å². The average molecular weight is 588 g/mol. The van der Waals surface area contributed by atoms with Crippen molar-refractivity contribution in [3.63, 3.8) is 0 Å². The van der Waals surface area contributed by atoms with Crippen LogP contribution in [0.15, 0.2) is 40.5 Å². The Morgan fingerprint density at radius 3 is 2.45 bits per heavy atom. The van der Waals surface area contributed by atoms with Gasteiger partial charge in [0.25, 0.3) is 17.7 Å². The highest BCUT2D eigenvalue weighted by molar-refractivity contribution is 6.17. The number of piperidine rings is 2. The Kier molecular flexibility index (Phi) is 7.53. The first-order valence-electron chi connectivity index (χ1n) is 14.8. The molecule has 9 nitrogen and oxygen atoms in total. The lowest BCUT2D eigenvalue weighted by Crippen LogP contribution is -2.61. The van der Waals surface area contributed by atoms with Crippen molar-refractivity contribution >= 4 is 23.6 Å². The van der Waals surface area contributed by atoms with Gasteiger partial charge in [-0.15, -0.1) is 0 Å². The van der Waals surface area contributed by atoms with E-state index >= 15 is 0 Å². The van der Waals surface area contributed by atoms with Crippen LogP contribution in [0.2, 0.25) is 0 Å². The second-order valence-electron chi connectivity index (χ2n) is 11.9. The van der Waals surface area contributed by atoms with E-state index in [1.165, 1.54) is 17.0 Å². The summed E-state index contributed by atoms with van der Waals surface area (Å²) in [6.45, 7) is 3.69. The van der Waals surface area contributed by atoms with Gasteiger partial charge in [-0.3, -0.25) is 24.3 Å². The van der Waals surface area contributed by atoms with Crippen LogP contribution < -0.4 is 11.1 Å². The van der Waals surface area contributed by atoms with Crippen molar-refractivity contribution in [2.45, 2.75) is 69.8 Å². The number of hydrogen-bond donors (Lipinski definition) is 2. The SMILES string of the molecule is CCN1C(=O)C(NC(=O)c2cccc(C(F)(F)F)c2)C(C2CC2)/C(=C(/N)C(=O)N2CCC3CC32)C1=NC1CCOCC1. The van der Waals surface area contributed by atoms with Gasteiger partial charge >= 0.3 is 6.18 Å². The van der Waals surface area contributed by atoms with Gasteiger partial charge in [0.2, 0.25) is 0 Å². The number of ether oxygens (including phenoxy) is 1. The number of nitrogens with zero attached hydrogens (tertiary/aromatic N) is 3. The zero-order valence-corrected chi connectivity index (χ0v) is 23.5. The monoisotopic (exact) mass is 587 g/mol. The third kappa shape index (κ3) is 5.41. The summed E-state index contributed by atoms with van der Waals surface area (Å²) < 4.78 is 45.6. The highest BCUT2D eigenvalue weighted by Gasteiger charge is 2.54. The maximum atomic E-state index is 14.1. The van der Waals surface area contributed by atoms with E-state index in [9.17, 15) is 27.6 Å². The summed E-state index contributed by atoms with van der Waals surface area (Å²) in [4.78, 5) is 49.6. The summed E-state index contributed by atoms with van der Waals surface area (Å²) in [7, 11) is 0. The molecular formula is C30H36F3N5O4. The molecule has 4 unspecified atom stereocenters. The maximum Gasteiger partial charge on any atom is 0.416 e.